The summed E-state index contributed by atoms with van der Waals surface area (Å²) in [6, 6.07) is 9.63. The number of carbonyl (C=O) groups is 2. The molecule has 2 atom stereocenters. The average molecular weight is 316 g/mol. The predicted octanol–water partition coefficient (Wildman–Crippen LogP) is 3.04. The SMILES string of the molecule is CN1C(=O)[C@@H](OC(=O)NC(C)(C)C)CC=C[C@@H]1c1ccccc1. The van der Waals surface area contributed by atoms with Gasteiger partial charge in [-0.3, -0.25) is 4.79 Å². The van der Waals surface area contributed by atoms with Gasteiger partial charge >= 0.3 is 6.09 Å². The molecule has 0 unspecified atom stereocenters. The van der Waals surface area contributed by atoms with Gasteiger partial charge in [-0.25, -0.2) is 4.79 Å². The predicted molar refractivity (Wildman–Crippen MR) is 88.9 cm³/mol. The lowest BCUT2D eigenvalue weighted by molar-refractivity contribution is -0.139. The zero-order valence-corrected chi connectivity index (χ0v) is 14.1. The molecule has 5 heteroatoms. The minimum atomic E-state index is -0.799. The maximum absolute atomic E-state index is 12.6. The van der Waals surface area contributed by atoms with E-state index in [4.69, 9.17) is 4.74 Å². The Balaban J connectivity index is 2.09. The van der Waals surface area contributed by atoms with Crippen LogP contribution >= 0.6 is 0 Å². The summed E-state index contributed by atoms with van der Waals surface area (Å²) < 4.78 is 5.32. The summed E-state index contributed by atoms with van der Waals surface area (Å²) in [7, 11) is 1.73. The topological polar surface area (TPSA) is 58.6 Å². The fraction of sp³-hybridized carbons (Fsp3) is 0.444. The summed E-state index contributed by atoms with van der Waals surface area (Å²) in [5.41, 5.74) is 0.624. The van der Waals surface area contributed by atoms with Crippen molar-refractivity contribution in [2.75, 3.05) is 7.05 Å². The number of carbonyl (C=O) groups excluding carboxylic acids is 2. The van der Waals surface area contributed by atoms with Crippen molar-refractivity contribution in [2.24, 2.45) is 0 Å². The fourth-order valence-corrected chi connectivity index (χ4v) is 2.47. The molecule has 0 bridgehead atoms. The smallest absolute Gasteiger partial charge is 0.408 e. The second-order valence-electron chi connectivity index (χ2n) is 6.74. The Labute approximate surface area is 137 Å². The van der Waals surface area contributed by atoms with Crippen molar-refractivity contribution in [1.29, 1.82) is 0 Å². The van der Waals surface area contributed by atoms with Gasteiger partial charge in [0.15, 0.2) is 6.10 Å². The first-order chi connectivity index (χ1) is 10.8. The monoisotopic (exact) mass is 316 g/mol. The van der Waals surface area contributed by atoms with Crippen molar-refractivity contribution in [3.8, 4) is 0 Å². The van der Waals surface area contributed by atoms with E-state index < -0.39 is 17.7 Å². The zero-order chi connectivity index (χ0) is 17.0. The molecule has 1 aliphatic heterocycles. The Bertz CT molecular complexity index is 590. The van der Waals surface area contributed by atoms with E-state index in [1.807, 2.05) is 63.3 Å². The minimum Gasteiger partial charge on any atom is -0.436 e. The van der Waals surface area contributed by atoms with Gasteiger partial charge in [0, 0.05) is 19.0 Å². The molecule has 0 saturated carbocycles. The van der Waals surface area contributed by atoms with Gasteiger partial charge in [0.1, 0.15) is 0 Å². The van der Waals surface area contributed by atoms with Gasteiger partial charge in [0.25, 0.3) is 5.91 Å². The Hall–Kier alpha value is -2.30. The normalized spacial score (nSPS) is 21.7. The van der Waals surface area contributed by atoms with Crippen LogP contribution in [0.3, 0.4) is 0 Å². The number of nitrogens with zero attached hydrogens (tertiary/aromatic N) is 1. The van der Waals surface area contributed by atoms with E-state index >= 15 is 0 Å². The first kappa shape index (κ1) is 17.1. The molecular formula is C18H24N2O3. The lowest BCUT2D eigenvalue weighted by Crippen LogP contribution is -2.45. The number of benzene rings is 1. The van der Waals surface area contributed by atoms with Crippen molar-refractivity contribution in [2.45, 2.75) is 44.9 Å². The second kappa shape index (κ2) is 6.86. The lowest BCUT2D eigenvalue weighted by Gasteiger charge is -2.28. The third-order valence-corrected chi connectivity index (χ3v) is 3.58. The Morgan fingerprint density at radius 1 is 1.26 bits per heavy atom. The third kappa shape index (κ3) is 4.58. The summed E-state index contributed by atoms with van der Waals surface area (Å²) in [5.74, 6) is -0.201. The van der Waals surface area contributed by atoms with E-state index in [0.29, 0.717) is 6.42 Å². The van der Waals surface area contributed by atoms with Crippen LogP contribution in [0.2, 0.25) is 0 Å². The molecule has 0 radical (unpaired) electrons. The van der Waals surface area contributed by atoms with Crippen LogP contribution in [0, 0.1) is 0 Å². The maximum atomic E-state index is 12.6. The number of rotatable bonds is 2. The van der Waals surface area contributed by atoms with Crippen LogP contribution in [0.5, 0.6) is 0 Å². The number of ether oxygens (including phenoxy) is 1. The van der Waals surface area contributed by atoms with Gasteiger partial charge in [0.2, 0.25) is 0 Å². The maximum Gasteiger partial charge on any atom is 0.408 e. The standard InChI is InChI=1S/C18H24N2O3/c1-18(2,3)19-17(22)23-15-12-8-11-14(20(4)16(15)21)13-9-6-5-7-10-13/h5-11,14-15H,12H2,1-4H3,(H,19,22)/t14-,15+/m1/s1. The molecule has 23 heavy (non-hydrogen) atoms. The molecule has 0 fully saturated rings. The number of hydrogen-bond donors (Lipinski definition) is 1. The molecule has 2 rings (SSSR count). The molecule has 1 heterocycles. The van der Waals surface area contributed by atoms with Crippen LogP contribution < -0.4 is 5.32 Å². The van der Waals surface area contributed by atoms with Gasteiger partial charge in [-0.1, -0.05) is 42.5 Å². The fourth-order valence-electron chi connectivity index (χ4n) is 2.47. The highest BCUT2D eigenvalue weighted by atomic mass is 16.6. The van der Waals surface area contributed by atoms with Gasteiger partial charge in [-0.15, -0.1) is 0 Å². The first-order valence-corrected chi connectivity index (χ1v) is 7.75. The quantitative estimate of drug-likeness (QED) is 0.853. The number of amides is 2. The summed E-state index contributed by atoms with van der Waals surface area (Å²) >= 11 is 0. The van der Waals surface area contributed by atoms with Gasteiger partial charge in [-0.05, 0) is 26.3 Å². The number of hydrogen-bond acceptors (Lipinski definition) is 3. The highest BCUT2D eigenvalue weighted by molar-refractivity contribution is 5.84. The largest absolute Gasteiger partial charge is 0.436 e. The van der Waals surface area contributed by atoms with Crippen LogP contribution in [0.25, 0.3) is 0 Å². The second-order valence-corrected chi connectivity index (χ2v) is 6.74. The highest BCUT2D eigenvalue weighted by Crippen LogP contribution is 2.25. The third-order valence-electron chi connectivity index (χ3n) is 3.58. The van der Waals surface area contributed by atoms with E-state index in [9.17, 15) is 9.59 Å². The number of nitrogens with one attached hydrogen (secondary N) is 1. The number of alkyl carbamates (subject to hydrolysis) is 1. The molecule has 1 aliphatic rings. The molecule has 0 saturated heterocycles. The van der Waals surface area contributed by atoms with Crippen LogP contribution in [0.4, 0.5) is 4.79 Å². The Kier molecular flexibility index (Phi) is 5.08. The molecular weight excluding hydrogens is 292 g/mol. The van der Waals surface area contributed by atoms with Gasteiger partial charge in [-0.2, -0.15) is 0 Å². The summed E-state index contributed by atoms with van der Waals surface area (Å²) in [6.45, 7) is 5.59. The van der Waals surface area contributed by atoms with Crippen LogP contribution in [0.15, 0.2) is 42.5 Å². The summed E-state index contributed by atoms with van der Waals surface area (Å²) in [6.07, 6.45) is 2.87. The van der Waals surface area contributed by atoms with E-state index in [0.717, 1.165) is 5.56 Å². The molecule has 1 N–H and O–H groups in total. The van der Waals surface area contributed by atoms with E-state index in [1.54, 1.807) is 11.9 Å². The molecule has 0 aliphatic carbocycles. The van der Waals surface area contributed by atoms with Gasteiger partial charge in [0.05, 0.1) is 6.04 Å². The zero-order valence-electron chi connectivity index (χ0n) is 14.1. The molecule has 2 amide bonds. The molecule has 5 nitrogen and oxygen atoms in total. The van der Waals surface area contributed by atoms with Crippen molar-refractivity contribution < 1.29 is 14.3 Å². The first-order valence-electron chi connectivity index (χ1n) is 7.75. The molecule has 0 aromatic heterocycles. The molecule has 0 spiro atoms. The average Bonchev–Trinajstić information content (AvgIpc) is 2.60. The van der Waals surface area contributed by atoms with Crippen molar-refractivity contribution >= 4 is 12.0 Å². The van der Waals surface area contributed by atoms with E-state index in [2.05, 4.69) is 5.32 Å². The Morgan fingerprint density at radius 2 is 1.91 bits per heavy atom. The van der Waals surface area contributed by atoms with E-state index in [1.165, 1.54) is 0 Å². The minimum absolute atomic E-state index is 0.150. The van der Waals surface area contributed by atoms with Crippen molar-refractivity contribution in [1.82, 2.24) is 10.2 Å². The van der Waals surface area contributed by atoms with Crippen LogP contribution in [-0.2, 0) is 9.53 Å². The van der Waals surface area contributed by atoms with Gasteiger partial charge < -0.3 is 15.0 Å². The molecule has 124 valence electrons. The van der Waals surface area contributed by atoms with Crippen molar-refractivity contribution in [3.63, 3.8) is 0 Å². The molecule has 1 aromatic rings. The highest BCUT2D eigenvalue weighted by Gasteiger charge is 2.31. The number of likely N-dealkylation sites (N-methyl/N-ethyl adjacent to an activating group) is 1. The lowest BCUT2D eigenvalue weighted by atomic mass is 10.1. The van der Waals surface area contributed by atoms with Crippen LogP contribution in [-0.4, -0.2) is 35.6 Å². The molecule has 1 aromatic carbocycles. The summed E-state index contributed by atoms with van der Waals surface area (Å²) in [4.78, 5) is 26.1. The van der Waals surface area contributed by atoms with Crippen molar-refractivity contribution in [3.05, 3.63) is 48.0 Å². The summed E-state index contributed by atoms with van der Waals surface area (Å²) in [5, 5.41) is 2.71. The Morgan fingerprint density at radius 3 is 2.52 bits per heavy atom. The van der Waals surface area contributed by atoms with Crippen LogP contribution in [0.1, 0.15) is 38.8 Å². The van der Waals surface area contributed by atoms with E-state index in [-0.39, 0.29) is 11.9 Å².